The van der Waals surface area contributed by atoms with Crippen LogP contribution in [0.5, 0.6) is 0 Å². The minimum Gasteiger partial charge on any atom is -0.359 e. The summed E-state index contributed by atoms with van der Waals surface area (Å²) in [7, 11) is 0. The molecule has 14 heavy (non-hydrogen) atoms. The molecule has 0 saturated carbocycles. The van der Waals surface area contributed by atoms with E-state index >= 15 is 0 Å². The Kier molecular flexibility index (Phi) is 2.03. The molecular formula is C9H8N4O. The number of imidazole rings is 1. The Bertz CT molecular complexity index is 477. The fourth-order valence-electron chi connectivity index (χ4n) is 1.21. The molecule has 5 nitrogen and oxygen atoms in total. The van der Waals surface area contributed by atoms with Crippen molar-refractivity contribution in [2.75, 3.05) is 0 Å². The predicted molar refractivity (Wildman–Crippen MR) is 47.3 cm³/mol. The van der Waals surface area contributed by atoms with Gasteiger partial charge in [0.1, 0.15) is 6.07 Å². The van der Waals surface area contributed by atoms with Crippen LogP contribution in [0.4, 0.5) is 0 Å². The third kappa shape index (κ3) is 1.50. The van der Waals surface area contributed by atoms with Crippen molar-refractivity contribution in [1.82, 2.24) is 14.7 Å². The van der Waals surface area contributed by atoms with E-state index in [4.69, 9.17) is 9.78 Å². The first kappa shape index (κ1) is 8.51. The summed E-state index contributed by atoms with van der Waals surface area (Å²) in [5.74, 6) is 1.09. The molecule has 0 aromatic carbocycles. The predicted octanol–water partition coefficient (Wildman–Crippen LogP) is 1.10. The van der Waals surface area contributed by atoms with E-state index in [1.54, 1.807) is 17.0 Å². The standard InChI is InChI=1S/C9H8N4O/c1-7-4-8(14-12-7)6-13-3-2-11-9(13)5-10/h2-4H,6H2,1H3. The maximum atomic E-state index is 8.71. The minimum absolute atomic E-state index is 0.374. The first-order chi connectivity index (χ1) is 6.79. The van der Waals surface area contributed by atoms with Crippen molar-refractivity contribution < 1.29 is 4.52 Å². The van der Waals surface area contributed by atoms with Crippen LogP contribution in [-0.2, 0) is 6.54 Å². The molecule has 2 aromatic heterocycles. The molecule has 0 atom stereocenters. The molecule has 2 aromatic rings. The number of nitrogens with zero attached hydrogens (tertiary/aromatic N) is 4. The molecular weight excluding hydrogens is 180 g/mol. The van der Waals surface area contributed by atoms with Gasteiger partial charge in [0.05, 0.1) is 12.2 Å². The van der Waals surface area contributed by atoms with Gasteiger partial charge in [-0.1, -0.05) is 5.16 Å². The summed E-state index contributed by atoms with van der Waals surface area (Å²) in [6.07, 6.45) is 3.32. The van der Waals surface area contributed by atoms with E-state index in [9.17, 15) is 0 Å². The quantitative estimate of drug-likeness (QED) is 0.707. The Labute approximate surface area is 80.6 Å². The molecule has 0 radical (unpaired) electrons. The second kappa shape index (κ2) is 3.34. The van der Waals surface area contributed by atoms with Crippen molar-refractivity contribution in [1.29, 1.82) is 5.26 Å². The van der Waals surface area contributed by atoms with E-state index in [-0.39, 0.29) is 0 Å². The van der Waals surface area contributed by atoms with Gasteiger partial charge in [0, 0.05) is 18.5 Å². The smallest absolute Gasteiger partial charge is 0.213 e. The molecule has 70 valence electrons. The van der Waals surface area contributed by atoms with Gasteiger partial charge in [-0.15, -0.1) is 0 Å². The van der Waals surface area contributed by atoms with E-state index in [1.165, 1.54) is 0 Å². The maximum absolute atomic E-state index is 8.71. The van der Waals surface area contributed by atoms with Gasteiger partial charge < -0.3 is 9.09 Å². The van der Waals surface area contributed by atoms with Crippen LogP contribution in [0.25, 0.3) is 0 Å². The number of rotatable bonds is 2. The van der Waals surface area contributed by atoms with Gasteiger partial charge in [-0.3, -0.25) is 0 Å². The van der Waals surface area contributed by atoms with Gasteiger partial charge in [-0.05, 0) is 6.92 Å². The zero-order valence-corrected chi connectivity index (χ0v) is 7.64. The van der Waals surface area contributed by atoms with Crippen LogP contribution < -0.4 is 0 Å². The second-order valence-corrected chi connectivity index (χ2v) is 2.93. The Balaban J connectivity index is 2.23. The highest BCUT2D eigenvalue weighted by atomic mass is 16.5. The Hall–Kier alpha value is -2.09. The number of aryl methyl sites for hydroxylation is 1. The van der Waals surface area contributed by atoms with Crippen LogP contribution in [0.3, 0.4) is 0 Å². The molecule has 0 unspecified atom stereocenters. The van der Waals surface area contributed by atoms with Crippen LogP contribution in [0.2, 0.25) is 0 Å². The summed E-state index contributed by atoms with van der Waals surface area (Å²) in [4.78, 5) is 3.88. The van der Waals surface area contributed by atoms with Gasteiger partial charge in [0.25, 0.3) is 0 Å². The molecule has 0 aliphatic heterocycles. The average molecular weight is 188 g/mol. The van der Waals surface area contributed by atoms with Crippen molar-refractivity contribution >= 4 is 0 Å². The van der Waals surface area contributed by atoms with Crippen molar-refractivity contribution in [2.45, 2.75) is 13.5 Å². The molecule has 0 amide bonds. The molecule has 2 rings (SSSR count). The third-order valence-electron chi connectivity index (χ3n) is 1.82. The lowest BCUT2D eigenvalue weighted by atomic mass is 10.4. The van der Waals surface area contributed by atoms with Crippen molar-refractivity contribution in [3.8, 4) is 6.07 Å². The molecule has 0 fully saturated rings. The van der Waals surface area contributed by atoms with Crippen molar-refractivity contribution in [2.24, 2.45) is 0 Å². The second-order valence-electron chi connectivity index (χ2n) is 2.93. The molecule has 0 aliphatic carbocycles. The Morgan fingerprint density at radius 3 is 3.14 bits per heavy atom. The highest BCUT2D eigenvalue weighted by Crippen LogP contribution is 2.06. The molecule has 0 N–H and O–H groups in total. The number of hydrogen-bond acceptors (Lipinski definition) is 4. The van der Waals surface area contributed by atoms with E-state index in [0.717, 1.165) is 11.5 Å². The number of nitriles is 1. The topological polar surface area (TPSA) is 67.6 Å². The monoisotopic (exact) mass is 188 g/mol. The first-order valence-corrected chi connectivity index (χ1v) is 4.13. The van der Waals surface area contributed by atoms with Gasteiger partial charge >= 0.3 is 0 Å². The van der Waals surface area contributed by atoms with Crippen LogP contribution in [0, 0.1) is 18.3 Å². The van der Waals surface area contributed by atoms with E-state index in [0.29, 0.717) is 12.4 Å². The first-order valence-electron chi connectivity index (χ1n) is 4.13. The van der Waals surface area contributed by atoms with Crippen LogP contribution in [0.15, 0.2) is 23.0 Å². The molecule has 0 saturated heterocycles. The molecule has 0 aliphatic rings. The number of hydrogen-bond donors (Lipinski definition) is 0. The summed E-state index contributed by atoms with van der Waals surface area (Å²) >= 11 is 0. The van der Waals surface area contributed by atoms with E-state index in [1.807, 2.05) is 19.1 Å². The largest absolute Gasteiger partial charge is 0.359 e. The van der Waals surface area contributed by atoms with E-state index < -0.39 is 0 Å². The normalized spacial score (nSPS) is 10.0. The molecule has 5 heteroatoms. The lowest BCUT2D eigenvalue weighted by molar-refractivity contribution is 0.372. The van der Waals surface area contributed by atoms with Crippen LogP contribution in [-0.4, -0.2) is 14.7 Å². The summed E-state index contributed by atoms with van der Waals surface area (Å²) in [5, 5.41) is 12.5. The Morgan fingerprint density at radius 1 is 1.64 bits per heavy atom. The van der Waals surface area contributed by atoms with Gasteiger partial charge in [-0.2, -0.15) is 5.26 Å². The fraction of sp³-hybridized carbons (Fsp3) is 0.222. The number of aromatic nitrogens is 3. The van der Waals surface area contributed by atoms with Crippen molar-refractivity contribution in [3.63, 3.8) is 0 Å². The maximum Gasteiger partial charge on any atom is 0.213 e. The fourth-order valence-corrected chi connectivity index (χ4v) is 1.21. The van der Waals surface area contributed by atoms with Crippen LogP contribution in [0.1, 0.15) is 17.3 Å². The lowest BCUT2D eigenvalue weighted by Gasteiger charge is -1.97. The third-order valence-corrected chi connectivity index (χ3v) is 1.82. The lowest BCUT2D eigenvalue weighted by Crippen LogP contribution is -2.00. The summed E-state index contributed by atoms with van der Waals surface area (Å²) in [6.45, 7) is 2.34. The zero-order chi connectivity index (χ0) is 9.97. The summed E-state index contributed by atoms with van der Waals surface area (Å²) < 4.78 is 6.74. The average Bonchev–Trinajstić information content (AvgIpc) is 2.76. The summed E-state index contributed by atoms with van der Waals surface area (Å²) in [6, 6.07) is 3.83. The molecule has 0 bridgehead atoms. The minimum atomic E-state index is 0.374. The molecule has 2 heterocycles. The highest BCUT2D eigenvalue weighted by molar-refractivity contribution is 5.13. The van der Waals surface area contributed by atoms with Crippen molar-refractivity contribution in [3.05, 3.63) is 35.7 Å². The highest BCUT2D eigenvalue weighted by Gasteiger charge is 2.05. The van der Waals surface area contributed by atoms with Crippen LogP contribution >= 0.6 is 0 Å². The SMILES string of the molecule is Cc1cc(Cn2ccnc2C#N)on1. The summed E-state index contributed by atoms with van der Waals surface area (Å²) in [5.41, 5.74) is 0.832. The van der Waals surface area contributed by atoms with Gasteiger partial charge in [0.15, 0.2) is 5.76 Å². The Morgan fingerprint density at radius 2 is 2.50 bits per heavy atom. The zero-order valence-electron chi connectivity index (χ0n) is 7.64. The van der Waals surface area contributed by atoms with Gasteiger partial charge in [0.2, 0.25) is 5.82 Å². The molecule has 0 spiro atoms. The van der Waals surface area contributed by atoms with Gasteiger partial charge in [-0.25, -0.2) is 4.98 Å². The van der Waals surface area contributed by atoms with E-state index in [2.05, 4.69) is 10.1 Å².